The molecule has 2 aliphatic rings. The number of aromatic nitrogens is 1. The van der Waals surface area contributed by atoms with E-state index in [1.165, 1.54) is 6.20 Å². The zero-order valence-corrected chi connectivity index (χ0v) is 14.7. The Morgan fingerprint density at radius 3 is 2.52 bits per heavy atom. The third-order valence-electron chi connectivity index (χ3n) is 4.57. The second kappa shape index (κ2) is 6.28. The summed E-state index contributed by atoms with van der Waals surface area (Å²) in [6.45, 7) is 6.23. The van der Waals surface area contributed by atoms with Crippen LogP contribution in [-0.2, 0) is 15.1 Å². The van der Waals surface area contributed by atoms with E-state index in [0.717, 1.165) is 0 Å². The van der Waals surface area contributed by atoms with E-state index in [1.54, 1.807) is 17.0 Å². The summed E-state index contributed by atoms with van der Waals surface area (Å²) < 4.78 is 11.1. The molecule has 0 radical (unpaired) electrons. The van der Waals surface area contributed by atoms with Gasteiger partial charge in [0.25, 0.3) is 0 Å². The molecule has 134 valence electrons. The number of amides is 1. The van der Waals surface area contributed by atoms with Gasteiger partial charge in [-0.3, -0.25) is 4.90 Å². The van der Waals surface area contributed by atoms with Crippen molar-refractivity contribution in [3.05, 3.63) is 29.6 Å². The van der Waals surface area contributed by atoms with Gasteiger partial charge in [-0.25, -0.2) is 9.78 Å². The predicted molar refractivity (Wildman–Crippen MR) is 88.6 cm³/mol. The van der Waals surface area contributed by atoms with Crippen molar-refractivity contribution < 1.29 is 19.4 Å². The first-order valence-corrected chi connectivity index (χ1v) is 8.40. The number of fused-ring (bicyclic) bond motifs is 2. The van der Waals surface area contributed by atoms with E-state index in [4.69, 9.17) is 14.7 Å². The molecule has 0 aromatic carbocycles. The van der Waals surface area contributed by atoms with Crippen LogP contribution in [0, 0.1) is 11.3 Å². The average Bonchev–Trinajstić information content (AvgIpc) is 2.52. The molecule has 1 aromatic heterocycles. The number of hydrogen-bond donors (Lipinski definition) is 1. The number of morpholine rings is 1. The molecule has 0 saturated carbocycles. The Balaban J connectivity index is 1.83. The molecule has 3 rings (SSSR count). The van der Waals surface area contributed by atoms with Crippen LogP contribution in [-0.4, -0.2) is 52.0 Å². The maximum absolute atomic E-state index is 12.6. The maximum atomic E-state index is 12.6. The van der Waals surface area contributed by atoms with Crippen LogP contribution >= 0.6 is 0 Å². The number of carbonyl (C=O) groups is 1. The highest BCUT2D eigenvalue weighted by atomic mass is 16.6. The highest BCUT2D eigenvalue weighted by molar-refractivity contribution is 5.69. The van der Waals surface area contributed by atoms with Crippen LogP contribution < -0.4 is 0 Å². The van der Waals surface area contributed by atoms with E-state index in [0.29, 0.717) is 37.3 Å². The fourth-order valence-corrected chi connectivity index (χ4v) is 3.56. The smallest absolute Gasteiger partial charge is 0.410 e. The van der Waals surface area contributed by atoms with Crippen molar-refractivity contribution >= 4 is 6.09 Å². The fraction of sp³-hybridized carbons (Fsp3) is 0.611. The molecule has 7 heteroatoms. The lowest BCUT2D eigenvalue weighted by Gasteiger charge is -2.51. The number of ether oxygens (including phenoxy) is 2. The first kappa shape index (κ1) is 17.6. The first-order chi connectivity index (χ1) is 11.7. The van der Waals surface area contributed by atoms with E-state index < -0.39 is 11.2 Å². The maximum Gasteiger partial charge on any atom is 0.410 e. The Morgan fingerprint density at radius 1 is 1.40 bits per heavy atom. The minimum atomic E-state index is -1.10. The molecule has 2 bridgehead atoms. The summed E-state index contributed by atoms with van der Waals surface area (Å²) in [5, 5.41) is 20.1. The Bertz CT molecular complexity index is 676. The third kappa shape index (κ3) is 3.60. The second-order valence-electron chi connectivity index (χ2n) is 7.72. The van der Waals surface area contributed by atoms with Crippen molar-refractivity contribution in [3.8, 4) is 6.07 Å². The van der Waals surface area contributed by atoms with Gasteiger partial charge in [-0.05, 0) is 26.8 Å². The zero-order valence-electron chi connectivity index (χ0n) is 14.7. The molecule has 2 saturated heterocycles. The number of aliphatic hydroxyl groups is 1. The summed E-state index contributed by atoms with van der Waals surface area (Å²) in [5.74, 6) is 0. The molecule has 2 unspecified atom stereocenters. The van der Waals surface area contributed by atoms with E-state index in [2.05, 4.69) is 4.98 Å². The SMILES string of the molecule is CC(C)(C)OC(=O)N1C2COCC1CC(O)(c1ccc(C#N)nc1)C2. The van der Waals surface area contributed by atoms with Crippen molar-refractivity contribution in [2.45, 2.75) is 56.9 Å². The van der Waals surface area contributed by atoms with Crippen molar-refractivity contribution in [1.29, 1.82) is 5.26 Å². The van der Waals surface area contributed by atoms with E-state index in [1.807, 2.05) is 26.8 Å². The molecule has 3 heterocycles. The highest BCUT2D eigenvalue weighted by Gasteiger charge is 2.49. The minimum absolute atomic E-state index is 0.261. The van der Waals surface area contributed by atoms with Crippen molar-refractivity contribution in [2.24, 2.45) is 0 Å². The topological polar surface area (TPSA) is 95.7 Å². The van der Waals surface area contributed by atoms with Gasteiger partial charge in [0.15, 0.2) is 0 Å². The Kier molecular flexibility index (Phi) is 4.43. The lowest BCUT2D eigenvalue weighted by Crippen LogP contribution is -2.63. The van der Waals surface area contributed by atoms with Gasteiger partial charge in [0, 0.05) is 24.6 Å². The Labute approximate surface area is 147 Å². The van der Waals surface area contributed by atoms with Gasteiger partial charge in [-0.2, -0.15) is 5.26 Å². The van der Waals surface area contributed by atoms with Gasteiger partial charge >= 0.3 is 6.09 Å². The lowest BCUT2D eigenvalue weighted by atomic mass is 9.77. The third-order valence-corrected chi connectivity index (χ3v) is 4.57. The molecule has 0 spiro atoms. The van der Waals surface area contributed by atoms with Crippen molar-refractivity contribution in [3.63, 3.8) is 0 Å². The van der Waals surface area contributed by atoms with E-state index in [9.17, 15) is 9.90 Å². The van der Waals surface area contributed by atoms with Crippen LogP contribution in [0.1, 0.15) is 44.9 Å². The minimum Gasteiger partial charge on any atom is -0.444 e. The molecule has 1 N–H and O–H groups in total. The molecule has 7 nitrogen and oxygen atoms in total. The van der Waals surface area contributed by atoms with Gasteiger partial charge in [0.2, 0.25) is 0 Å². The van der Waals surface area contributed by atoms with Crippen LogP contribution in [0.3, 0.4) is 0 Å². The molecule has 2 aliphatic heterocycles. The van der Waals surface area contributed by atoms with Crippen molar-refractivity contribution in [1.82, 2.24) is 9.88 Å². The predicted octanol–water partition coefficient (Wildman–Crippen LogP) is 1.94. The fourth-order valence-electron chi connectivity index (χ4n) is 3.56. The normalized spacial score (nSPS) is 29.0. The summed E-state index contributed by atoms with van der Waals surface area (Å²) in [6, 6.07) is 4.77. The summed E-state index contributed by atoms with van der Waals surface area (Å²) in [5.41, 5.74) is -0.704. The standard InChI is InChI=1S/C18H23N3O4/c1-17(2,3)25-16(22)21-14-6-18(23,7-15(21)11-24-10-14)12-4-5-13(8-19)20-9-12/h4-5,9,14-15,23H,6-7,10-11H2,1-3H3. The molecule has 25 heavy (non-hydrogen) atoms. The monoisotopic (exact) mass is 345 g/mol. The van der Waals surface area contributed by atoms with Crippen LogP contribution in [0.2, 0.25) is 0 Å². The lowest BCUT2D eigenvalue weighted by molar-refractivity contribution is -0.141. The van der Waals surface area contributed by atoms with E-state index in [-0.39, 0.29) is 18.2 Å². The quantitative estimate of drug-likeness (QED) is 0.836. The number of piperidine rings is 1. The first-order valence-electron chi connectivity index (χ1n) is 8.40. The van der Waals surface area contributed by atoms with Gasteiger partial charge < -0.3 is 14.6 Å². The molecule has 2 atom stereocenters. The molecule has 1 aromatic rings. The van der Waals surface area contributed by atoms with Gasteiger partial charge in [-0.15, -0.1) is 0 Å². The number of rotatable bonds is 1. The molecule has 1 amide bonds. The number of carbonyl (C=O) groups excluding carboxylic acids is 1. The highest BCUT2D eigenvalue weighted by Crippen LogP contribution is 2.41. The van der Waals surface area contributed by atoms with Crippen LogP contribution in [0.25, 0.3) is 0 Å². The number of nitrogens with zero attached hydrogens (tertiary/aromatic N) is 3. The van der Waals surface area contributed by atoms with Crippen molar-refractivity contribution in [2.75, 3.05) is 13.2 Å². The van der Waals surface area contributed by atoms with Crippen LogP contribution in [0.15, 0.2) is 18.3 Å². The Morgan fingerprint density at radius 2 is 2.04 bits per heavy atom. The number of nitriles is 1. The van der Waals surface area contributed by atoms with Gasteiger partial charge in [0.1, 0.15) is 17.4 Å². The number of pyridine rings is 1. The summed E-state index contributed by atoms with van der Waals surface area (Å²) in [6.07, 6.45) is 1.86. The van der Waals surface area contributed by atoms with Crippen LogP contribution in [0.4, 0.5) is 4.79 Å². The molecular formula is C18H23N3O4. The zero-order chi connectivity index (χ0) is 18.2. The van der Waals surface area contributed by atoms with E-state index >= 15 is 0 Å². The summed E-state index contributed by atoms with van der Waals surface area (Å²) >= 11 is 0. The molecule has 0 aliphatic carbocycles. The molecule has 2 fully saturated rings. The Hall–Kier alpha value is -2.17. The summed E-state index contributed by atoms with van der Waals surface area (Å²) in [4.78, 5) is 18.3. The average molecular weight is 345 g/mol. The summed E-state index contributed by atoms with van der Waals surface area (Å²) in [7, 11) is 0. The second-order valence-corrected chi connectivity index (χ2v) is 7.72. The van der Waals surface area contributed by atoms with Crippen LogP contribution in [0.5, 0.6) is 0 Å². The molecular weight excluding hydrogens is 322 g/mol. The largest absolute Gasteiger partial charge is 0.444 e. The van der Waals surface area contributed by atoms with Gasteiger partial charge in [0.05, 0.1) is 30.9 Å². The number of hydrogen-bond acceptors (Lipinski definition) is 6. The van der Waals surface area contributed by atoms with Gasteiger partial charge in [-0.1, -0.05) is 6.07 Å².